The molecule has 4 rings (SSSR count). The first-order chi connectivity index (χ1) is 11.6. The minimum absolute atomic E-state index is 0.0106. The highest BCUT2D eigenvalue weighted by molar-refractivity contribution is 7.99. The van der Waals surface area contributed by atoms with Gasteiger partial charge in [0, 0.05) is 10.6 Å². The van der Waals surface area contributed by atoms with Gasteiger partial charge < -0.3 is 15.9 Å². The number of fused-ring (bicyclic) bond motifs is 1. The van der Waals surface area contributed by atoms with E-state index in [1.807, 2.05) is 24.3 Å². The van der Waals surface area contributed by atoms with Crippen molar-refractivity contribution in [3.63, 3.8) is 0 Å². The van der Waals surface area contributed by atoms with E-state index in [2.05, 4.69) is 15.6 Å². The molecule has 3 aromatic rings. The van der Waals surface area contributed by atoms with E-state index in [-0.39, 0.29) is 16.3 Å². The lowest BCUT2D eigenvalue weighted by Crippen LogP contribution is -2.14. The Hall–Kier alpha value is -2.26. The van der Waals surface area contributed by atoms with Gasteiger partial charge in [-0.15, -0.1) is 10.2 Å². The van der Waals surface area contributed by atoms with Crippen LogP contribution in [0.1, 0.15) is 10.9 Å². The predicted molar refractivity (Wildman–Crippen MR) is 92.5 cm³/mol. The zero-order chi connectivity index (χ0) is 16.7. The van der Waals surface area contributed by atoms with E-state index in [1.54, 1.807) is 22.9 Å². The fraction of sp³-hybridized carbons (Fsp3) is 0.0667. The molecule has 1 aliphatic rings. The third-order valence-electron chi connectivity index (χ3n) is 3.60. The molecule has 2 N–H and O–H groups in total. The van der Waals surface area contributed by atoms with Gasteiger partial charge in [-0.05, 0) is 29.8 Å². The number of halogens is 1. The van der Waals surface area contributed by atoms with Crippen molar-refractivity contribution < 1.29 is 5.21 Å². The number of rotatable bonds is 3. The van der Waals surface area contributed by atoms with E-state index < -0.39 is 0 Å². The Balaban J connectivity index is 1.65. The topological polar surface area (TPSA) is 89.3 Å². The Kier molecular flexibility index (Phi) is 3.81. The van der Waals surface area contributed by atoms with Crippen LogP contribution in [0.3, 0.4) is 0 Å². The normalized spacial score (nSPS) is 15.9. The van der Waals surface area contributed by atoms with Gasteiger partial charge in [-0.1, -0.05) is 47.6 Å². The first-order valence-corrected chi connectivity index (χ1v) is 8.28. The van der Waals surface area contributed by atoms with Crippen LogP contribution in [0.15, 0.2) is 53.7 Å². The molecule has 0 saturated carbocycles. The molecule has 1 aromatic heterocycles. The second-order valence-corrected chi connectivity index (χ2v) is 6.65. The molecule has 24 heavy (non-hydrogen) atoms. The SMILES string of the molecule is [O-]N(O)c1cccc(-c2nnc3n2NC(c2ccc(Cl)cc2)S3)c1. The zero-order valence-corrected chi connectivity index (χ0v) is 13.7. The molecular weight excluding hydrogens is 350 g/mol. The van der Waals surface area contributed by atoms with Crippen LogP contribution in [-0.2, 0) is 0 Å². The van der Waals surface area contributed by atoms with Crippen molar-refractivity contribution in [1.82, 2.24) is 14.9 Å². The average Bonchev–Trinajstić information content (AvgIpc) is 3.16. The number of thioether (sulfide) groups is 1. The van der Waals surface area contributed by atoms with Crippen LogP contribution in [0, 0.1) is 5.21 Å². The minimum Gasteiger partial charge on any atom is -0.733 e. The van der Waals surface area contributed by atoms with Gasteiger partial charge in [0.25, 0.3) is 0 Å². The lowest BCUT2D eigenvalue weighted by atomic mass is 10.2. The monoisotopic (exact) mass is 360 g/mol. The van der Waals surface area contributed by atoms with Crippen molar-refractivity contribution in [3.05, 3.63) is 64.3 Å². The van der Waals surface area contributed by atoms with Crippen LogP contribution in [0.4, 0.5) is 5.69 Å². The Morgan fingerprint density at radius 2 is 2.00 bits per heavy atom. The third-order valence-corrected chi connectivity index (χ3v) is 4.94. The van der Waals surface area contributed by atoms with Crippen molar-refractivity contribution in [2.24, 2.45) is 0 Å². The van der Waals surface area contributed by atoms with Gasteiger partial charge in [-0.3, -0.25) is 5.21 Å². The molecule has 0 aliphatic carbocycles. The Morgan fingerprint density at radius 3 is 2.75 bits per heavy atom. The molecule has 2 heterocycles. The van der Waals surface area contributed by atoms with Gasteiger partial charge in [0.15, 0.2) is 5.82 Å². The molecule has 9 heteroatoms. The maximum absolute atomic E-state index is 11.1. The van der Waals surface area contributed by atoms with Crippen molar-refractivity contribution >= 4 is 29.1 Å². The van der Waals surface area contributed by atoms with E-state index in [4.69, 9.17) is 16.8 Å². The first kappa shape index (κ1) is 15.3. The van der Waals surface area contributed by atoms with E-state index in [0.717, 1.165) is 10.7 Å². The van der Waals surface area contributed by atoms with Crippen molar-refractivity contribution in [3.8, 4) is 11.4 Å². The van der Waals surface area contributed by atoms with E-state index in [9.17, 15) is 5.21 Å². The van der Waals surface area contributed by atoms with Gasteiger partial charge in [-0.2, -0.15) is 0 Å². The molecule has 1 atom stereocenters. The summed E-state index contributed by atoms with van der Waals surface area (Å²) in [6.45, 7) is 0. The number of hydrogen-bond acceptors (Lipinski definition) is 7. The summed E-state index contributed by atoms with van der Waals surface area (Å²) in [5, 5.41) is 29.7. The van der Waals surface area contributed by atoms with Crippen LogP contribution in [0.5, 0.6) is 0 Å². The molecule has 0 bridgehead atoms. The highest BCUT2D eigenvalue weighted by Crippen LogP contribution is 2.40. The number of hydrogen-bond donors (Lipinski definition) is 2. The molecular formula is C15H11ClN5O2S-. The second-order valence-electron chi connectivity index (χ2n) is 5.14. The summed E-state index contributed by atoms with van der Waals surface area (Å²) in [6, 6.07) is 14.1. The summed E-state index contributed by atoms with van der Waals surface area (Å²) in [5.41, 5.74) is 5.19. The molecule has 122 valence electrons. The van der Waals surface area contributed by atoms with Gasteiger partial charge >= 0.3 is 0 Å². The lowest BCUT2D eigenvalue weighted by molar-refractivity contribution is 0.296. The van der Waals surface area contributed by atoms with Gasteiger partial charge in [0.1, 0.15) is 5.37 Å². The largest absolute Gasteiger partial charge is 0.733 e. The van der Waals surface area contributed by atoms with Crippen molar-refractivity contribution in [2.75, 3.05) is 10.7 Å². The van der Waals surface area contributed by atoms with Crippen LogP contribution in [-0.4, -0.2) is 20.1 Å². The molecule has 0 spiro atoms. The number of anilines is 1. The molecule has 7 nitrogen and oxygen atoms in total. The molecule has 2 aromatic carbocycles. The fourth-order valence-electron chi connectivity index (χ4n) is 2.44. The standard InChI is InChI=1S/C15H11ClN5O2S/c16-11-6-4-9(5-7-11)14-19-20-13(17-18-15(20)24-14)10-2-1-3-12(8-10)21(22)23/h1-8,14,19,22H/q-1. The summed E-state index contributed by atoms with van der Waals surface area (Å²) in [6.07, 6.45) is 0. The predicted octanol–water partition coefficient (Wildman–Crippen LogP) is 3.64. The summed E-state index contributed by atoms with van der Waals surface area (Å²) in [5.74, 6) is 0.567. The molecule has 0 saturated heterocycles. The molecule has 0 radical (unpaired) electrons. The highest BCUT2D eigenvalue weighted by Gasteiger charge is 2.28. The summed E-state index contributed by atoms with van der Waals surface area (Å²) >= 11 is 7.46. The van der Waals surface area contributed by atoms with Crippen LogP contribution < -0.4 is 10.7 Å². The Morgan fingerprint density at radius 1 is 1.21 bits per heavy atom. The fourth-order valence-corrected chi connectivity index (χ4v) is 3.56. The molecule has 0 fully saturated rings. The Labute approximate surface area is 146 Å². The Bertz CT molecular complexity index is 884. The van der Waals surface area contributed by atoms with Crippen molar-refractivity contribution in [1.29, 1.82) is 0 Å². The lowest BCUT2D eigenvalue weighted by Gasteiger charge is -2.21. The smallest absolute Gasteiger partial charge is 0.212 e. The van der Waals surface area contributed by atoms with Crippen LogP contribution in [0.2, 0.25) is 5.02 Å². The number of benzene rings is 2. The average molecular weight is 361 g/mol. The van der Waals surface area contributed by atoms with Gasteiger partial charge in [0.2, 0.25) is 5.16 Å². The zero-order valence-electron chi connectivity index (χ0n) is 12.1. The molecule has 0 amide bonds. The first-order valence-electron chi connectivity index (χ1n) is 7.02. The maximum atomic E-state index is 11.1. The second kappa shape index (κ2) is 5.99. The molecule has 1 aliphatic heterocycles. The van der Waals surface area contributed by atoms with E-state index >= 15 is 0 Å². The summed E-state index contributed by atoms with van der Waals surface area (Å²) < 4.78 is 1.77. The number of aromatic nitrogens is 3. The van der Waals surface area contributed by atoms with Crippen molar-refractivity contribution in [2.45, 2.75) is 10.5 Å². The minimum atomic E-state index is -0.177. The van der Waals surface area contributed by atoms with E-state index in [0.29, 0.717) is 16.4 Å². The maximum Gasteiger partial charge on any atom is 0.212 e. The van der Waals surface area contributed by atoms with E-state index in [1.165, 1.54) is 17.8 Å². The van der Waals surface area contributed by atoms with Gasteiger partial charge in [0.05, 0.1) is 5.69 Å². The molecule has 1 unspecified atom stereocenters. The summed E-state index contributed by atoms with van der Waals surface area (Å²) in [7, 11) is 0. The van der Waals surface area contributed by atoms with Crippen LogP contribution in [0.25, 0.3) is 11.4 Å². The highest BCUT2D eigenvalue weighted by atomic mass is 35.5. The third kappa shape index (κ3) is 2.69. The summed E-state index contributed by atoms with van der Waals surface area (Å²) in [4.78, 5) is 0. The number of nitrogens with one attached hydrogen (secondary N) is 1. The number of nitrogens with zero attached hydrogens (tertiary/aromatic N) is 4. The van der Waals surface area contributed by atoms with Crippen LogP contribution >= 0.6 is 23.4 Å². The quantitative estimate of drug-likeness (QED) is 0.689. The van der Waals surface area contributed by atoms with Gasteiger partial charge in [-0.25, -0.2) is 4.68 Å².